The summed E-state index contributed by atoms with van der Waals surface area (Å²) in [4.78, 5) is 27.7. The van der Waals surface area contributed by atoms with E-state index in [2.05, 4.69) is 5.32 Å². The van der Waals surface area contributed by atoms with Crippen LogP contribution in [0.4, 0.5) is 18.9 Å². The van der Waals surface area contributed by atoms with Gasteiger partial charge in [0.25, 0.3) is 10.0 Å². The molecule has 41 heavy (non-hydrogen) atoms. The van der Waals surface area contributed by atoms with Crippen LogP contribution in [-0.4, -0.2) is 50.8 Å². The van der Waals surface area contributed by atoms with Crippen LogP contribution in [0, 0.1) is 0 Å². The fraction of sp³-hybridized carbons (Fsp3) is 0.310. The molecule has 1 atom stereocenters. The molecule has 220 valence electrons. The van der Waals surface area contributed by atoms with E-state index in [1.807, 2.05) is 37.3 Å². The lowest BCUT2D eigenvalue weighted by atomic mass is 10.1. The fourth-order valence-corrected chi connectivity index (χ4v) is 5.79. The van der Waals surface area contributed by atoms with E-state index in [1.165, 1.54) is 36.1 Å². The van der Waals surface area contributed by atoms with Crippen molar-refractivity contribution in [1.29, 1.82) is 0 Å². The molecule has 3 rings (SSSR count). The van der Waals surface area contributed by atoms with Gasteiger partial charge >= 0.3 is 6.18 Å². The number of sulfonamides is 1. The predicted octanol–water partition coefficient (Wildman–Crippen LogP) is 5.54. The van der Waals surface area contributed by atoms with Gasteiger partial charge in [-0.1, -0.05) is 67.1 Å². The maximum atomic E-state index is 13.8. The topological polar surface area (TPSA) is 86.8 Å². The lowest BCUT2D eigenvalue weighted by Crippen LogP contribution is -2.52. The van der Waals surface area contributed by atoms with E-state index in [4.69, 9.17) is 11.6 Å². The van der Waals surface area contributed by atoms with Gasteiger partial charge in [0, 0.05) is 13.1 Å². The second kappa shape index (κ2) is 13.9. The second-order valence-corrected chi connectivity index (χ2v) is 11.5. The molecular weight excluding hydrogens is 579 g/mol. The Hall–Kier alpha value is -3.57. The Morgan fingerprint density at radius 3 is 2.17 bits per heavy atom. The SMILES string of the molecule is CCCNC(=O)[C@@H](C)N(CCc1ccccc1)C(=O)CN(c1cc(C(F)(F)F)ccc1Cl)S(=O)(=O)c1ccccc1. The number of benzene rings is 3. The van der Waals surface area contributed by atoms with Gasteiger partial charge in [-0.05, 0) is 55.7 Å². The van der Waals surface area contributed by atoms with E-state index in [1.54, 1.807) is 6.07 Å². The molecule has 12 heteroatoms. The number of hydrogen-bond acceptors (Lipinski definition) is 4. The molecule has 1 N–H and O–H groups in total. The summed E-state index contributed by atoms with van der Waals surface area (Å²) in [6.45, 7) is 2.92. The normalized spacial score (nSPS) is 12.4. The Morgan fingerprint density at radius 2 is 1.59 bits per heavy atom. The molecule has 2 amide bonds. The van der Waals surface area contributed by atoms with E-state index < -0.39 is 51.9 Å². The maximum Gasteiger partial charge on any atom is 0.416 e. The van der Waals surface area contributed by atoms with Crippen LogP contribution in [0.2, 0.25) is 5.02 Å². The zero-order valence-corrected chi connectivity index (χ0v) is 24.1. The third kappa shape index (κ3) is 8.23. The summed E-state index contributed by atoms with van der Waals surface area (Å²) in [5, 5.41) is 2.43. The molecule has 0 spiro atoms. The molecule has 0 aliphatic rings. The predicted molar refractivity (Wildman–Crippen MR) is 152 cm³/mol. The number of rotatable bonds is 12. The molecule has 0 unspecified atom stereocenters. The van der Waals surface area contributed by atoms with Crippen LogP contribution in [0.3, 0.4) is 0 Å². The number of alkyl halides is 3. The van der Waals surface area contributed by atoms with Crippen molar-refractivity contribution in [2.45, 2.75) is 43.8 Å². The Morgan fingerprint density at radius 1 is 0.976 bits per heavy atom. The van der Waals surface area contributed by atoms with Gasteiger partial charge in [0.15, 0.2) is 0 Å². The minimum absolute atomic E-state index is 0.0547. The number of carbonyl (C=O) groups is 2. The summed E-state index contributed by atoms with van der Waals surface area (Å²) in [6, 6.07) is 17.5. The van der Waals surface area contributed by atoms with Crippen molar-refractivity contribution in [3.63, 3.8) is 0 Å². The highest BCUT2D eigenvalue weighted by molar-refractivity contribution is 7.92. The molecule has 0 aliphatic heterocycles. The Labute approximate surface area is 243 Å². The molecule has 3 aromatic carbocycles. The van der Waals surface area contributed by atoms with Gasteiger partial charge < -0.3 is 10.2 Å². The van der Waals surface area contributed by atoms with Crippen LogP contribution < -0.4 is 9.62 Å². The largest absolute Gasteiger partial charge is 0.416 e. The average Bonchev–Trinajstić information content (AvgIpc) is 2.95. The third-order valence-electron chi connectivity index (χ3n) is 6.35. The number of anilines is 1. The number of nitrogens with zero attached hydrogens (tertiary/aromatic N) is 2. The van der Waals surface area contributed by atoms with Gasteiger partial charge in [-0.2, -0.15) is 13.2 Å². The van der Waals surface area contributed by atoms with E-state index in [0.29, 0.717) is 29.8 Å². The first kappa shape index (κ1) is 32.0. The summed E-state index contributed by atoms with van der Waals surface area (Å²) in [5.41, 5.74) is -0.767. The highest BCUT2D eigenvalue weighted by Gasteiger charge is 2.36. The minimum Gasteiger partial charge on any atom is -0.354 e. The summed E-state index contributed by atoms with van der Waals surface area (Å²) in [5.74, 6) is -1.23. The molecule has 3 aromatic rings. The van der Waals surface area contributed by atoms with Crippen molar-refractivity contribution in [1.82, 2.24) is 10.2 Å². The van der Waals surface area contributed by atoms with Crippen LogP contribution in [0.25, 0.3) is 0 Å². The van der Waals surface area contributed by atoms with Crippen molar-refractivity contribution in [3.05, 3.63) is 95.0 Å². The molecule has 0 heterocycles. The van der Waals surface area contributed by atoms with Crippen molar-refractivity contribution in [2.75, 3.05) is 23.9 Å². The van der Waals surface area contributed by atoms with Crippen LogP contribution in [0.5, 0.6) is 0 Å². The van der Waals surface area contributed by atoms with Gasteiger partial charge in [-0.3, -0.25) is 13.9 Å². The van der Waals surface area contributed by atoms with Gasteiger partial charge in [-0.25, -0.2) is 8.42 Å². The van der Waals surface area contributed by atoms with Crippen LogP contribution >= 0.6 is 11.6 Å². The maximum absolute atomic E-state index is 13.8. The number of halogens is 4. The highest BCUT2D eigenvalue weighted by atomic mass is 35.5. The summed E-state index contributed by atoms with van der Waals surface area (Å²) >= 11 is 6.25. The fourth-order valence-electron chi connectivity index (χ4n) is 4.08. The molecule has 0 bridgehead atoms. The summed E-state index contributed by atoms with van der Waals surface area (Å²) in [6.07, 6.45) is -3.78. The van der Waals surface area contributed by atoms with E-state index in [9.17, 15) is 31.2 Å². The van der Waals surface area contributed by atoms with Crippen LogP contribution in [0.15, 0.2) is 83.8 Å². The van der Waals surface area contributed by atoms with Crippen molar-refractivity contribution >= 4 is 39.1 Å². The van der Waals surface area contributed by atoms with Crippen LogP contribution in [0.1, 0.15) is 31.4 Å². The Kier molecular flexibility index (Phi) is 10.8. The Bertz CT molecular complexity index is 1440. The van der Waals surface area contributed by atoms with E-state index in [-0.39, 0.29) is 16.5 Å². The Balaban J connectivity index is 2.06. The van der Waals surface area contributed by atoms with Crippen molar-refractivity contribution < 1.29 is 31.2 Å². The van der Waals surface area contributed by atoms with Gasteiger partial charge in [-0.15, -0.1) is 0 Å². The average molecular weight is 610 g/mol. The first-order valence-electron chi connectivity index (χ1n) is 12.9. The van der Waals surface area contributed by atoms with Gasteiger partial charge in [0.2, 0.25) is 11.8 Å². The van der Waals surface area contributed by atoms with E-state index >= 15 is 0 Å². The second-order valence-electron chi connectivity index (χ2n) is 9.28. The molecule has 0 aliphatic carbocycles. The lowest BCUT2D eigenvalue weighted by Gasteiger charge is -2.32. The molecular formula is C29H31ClF3N3O4S. The van der Waals surface area contributed by atoms with Gasteiger partial charge in [0.05, 0.1) is 21.2 Å². The number of amides is 2. The molecule has 0 saturated heterocycles. The van der Waals surface area contributed by atoms with Crippen molar-refractivity contribution in [3.8, 4) is 0 Å². The van der Waals surface area contributed by atoms with Crippen molar-refractivity contribution in [2.24, 2.45) is 0 Å². The molecule has 0 aromatic heterocycles. The van der Waals surface area contributed by atoms with E-state index in [0.717, 1.165) is 17.7 Å². The first-order valence-corrected chi connectivity index (χ1v) is 14.7. The van der Waals surface area contributed by atoms with Gasteiger partial charge in [0.1, 0.15) is 12.6 Å². The summed E-state index contributed by atoms with van der Waals surface area (Å²) < 4.78 is 68.9. The molecule has 0 saturated carbocycles. The zero-order chi connectivity index (χ0) is 30.2. The number of carbonyl (C=O) groups excluding carboxylic acids is 2. The number of hydrogen-bond donors (Lipinski definition) is 1. The molecule has 7 nitrogen and oxygen atoms in total. The lowest BCUT2D eigenvalue weighted by molar-refractivity contribution is -0.138. The quantitative estimate of drug-likeness (QED) is 0.292. The highest BCUT2D eigenvalue weighted by Crippen LogP contribution is 2.37. The molecule has 0 radical (unpaired) electrons. The third-order valence-corrected chi connectivity index (χ3v) is 8.45. The standard InChI is InChI=1S/C29H31ClF3N3O4S/c1-3-17-34-28(38)21(2)35(18-16-22-10-6-4-7-11-22)27(37)20-36(41(39,40)24-12-8-5-9-13-24)26-19-23(29(31,32)33)14-15-25(26)30/h4-15,19,21H,3,16-18,20H2,1-2H3,(H,34,38)/t21-/m1/s1. The monoisotopic (exact) mass is 609 g/mol. The first-order chi connectivity index (χ1) is 19.4. The zero-order valence-electron chi connectivity index (χ0n) is 22.6. The van der Waals surface area contributed by atoms with Crippen LogP contribution in [-0.2, 0) is 32.2 Å². The minimum atomic E-state index is -4.79. The summed E-state index contributed by atoms with van der Waals surface area (Å²) in [7, 11) is -4.56. The smallest absolute Gasteiger partial charge is 0.354 e. The number of nitrogens with one attached hydrogen (secondary N) is 1. The molecule has 0 fully saturated rings.